The zero-order valence-electron chi connectivity index (χ0n) is 16.2. The number of carbonyl (C=O) groups is 1. The molecule has 0 N–H and O–H groups in total. The summed E-state index contributed by atoms with van der Waals surface area (Å²) in [5.41, 5.74) is 1.57. The summed E-state index contributed by atoms with van der Waals surface area (Å²) in [4.78, 5) is 10.9. The Balaban J connectivity index is 1.42. The number of hydrogen-bond acceptors (Lipinski definition) is 4. The van der Waals surface area contributed by atoms with Crippen molar-refractivity contribution in [3.8, 4) is 17.2 Å². The number of benzene rings is 2. The summed E-state index contributed by atoms with van der Waals surface area (Å²) >= 11 is 6.10. The molecule has 0 saturated carbocycles. The highest BCUT2D eigenvalue weighted by atomic mass is 35.5. The van der Waals surface area contributed by atoms with E-state index in [0.717, 1.165) is 18.3 Å². The Morgan fingerprint density at radius 3 is 2.67 bits per heavy atom. The number of hydrogen-bond donors (Lipinski definition) is 0. The van der Waals surface area contributed by atoms with Crippen LogP contribution in [0, 0.1) is 0 Å². The topological polar surface area (TPSA) is 44.8 Å². The van der Waals surface area contributed by atoms with Gasteiger partial charge in [0.05, 0.1) is 18.2 Å². The van der Waals surface area contributed by atoms with E-state index in [1.54, 1.807) is 18.2 Å². The number of alkyl halides is 3. The first-order valence-corrected chi connectivity index (χ1v) is 10.1. The Kier molecular flexibility index (Phi) is 7.48. The van der Waals surface area contributed by atoms with Gasteiger partial charge in [-0.1, -0.05) is 23.7 Å². The molecule has 0 fully saturated rings. The van der Waals surface area contributed by atoms with Crippen molar-refractivity contribution in [3.05, 3.63) is 52.5 Å². The van der Waals surface area contributed by atoms with Crippen LogP contribution in [0.5, 0.6) is 17.2 Å². The fraction of sp³-hybridized carbons (Fsp3) is 0.409. The van der Waals surface area contributed by atoms with Gasteiger partial charge in [0.15, 0.2) is 12.4 Å². The number of halogens is 4. The average molecular weight is 443 g/mol. The number of aldehydes is 1. The van der Waals surface area contributed by atoms with Crippen LogP contribution >= 0.6 is 11.6 Å². The zero-order chi connectivity index (χ0) is 21.6. The van der Waals surface area contributed by atoms with Crippen LogP contribution in [0.25, 0.3) is 0 Å². The third-order valence-electron chi connectivity index (χ3n) is 4.68. The first kappa shape index (κ1) is 22.3. The Bertz CT molecular complexity index is 870. The van der Waals surface area contributed by atoms with Crippen LogP contribution in [0.15, 0.2) is 36.4 Å². The molecule has 1 aliphatic rings. The quantitative estimate of drug-likeness (QED) is 0.376. The summed E-state index contributed by atoms with van der Waals surface area (Å²) in [6, 6.07) is 10.2. The Hall–Kier alpha value is -2.41. The van der Waals surface area contributed by atoms with E-state index in [9.17, 15) is 18.0 Å². The Labute approximate surface area is 177 Å². The van der Waals surface area contributed by atoms with Gasteiger partial charge in [-0.05, 0) is 48.6 Å². The van der Waals surface area contributed by atoms with Crippen molar-refractivity contribution in [3.63, 3.8) is 0 Å². The predicted octanol–water partition coefficient (Wildman–Crippen LogP) is 5.58. The molecule has 2 aromatic carbocycles. The van der Waals surface area contributed by atoms with Gasteiger partial charge in [0.25, 0.3) is 0 Å². The predicted molar refractivity (Wildman–Crippen MR) is 107 cm³/mol. The second-order valence-electron chi connectivity index (χ2n) is 7.03. The zero-order valence-corrected chi connectivity index (χ0v) is 17.0. The number of rotatable bonds is 9. The lowest BCUT2D eigenvalue weighted by Gasteiger charge is -2.22. The molecule has 0 aliphatic carbocycles. The first-order valence-electron chi connectivity index (χ1n) is 9.70. The minimum Gasteiger partial charge on any atom is -0.493 e. The van der Waals surface area contributed by atoms with Crippen LogP contribution in [-0.2, 0) is 17.6 Å². The van der Waals surface area contributed by atoms with Crippen LogP contribution in [-0.4, -0.2) is 31.8 Å². The van der Waals surface area contributed by atoms with Crippen molar-refractivity contribution in [2.24, 2.45) is 0 Å². The van der Waals surface area contributed by atoms with Gasteiger partial charge in [-0.3, -0.25) is 4.79 Å². The maximum Gasteiger partial charge on any atom is 0.389 e. The van der Waals surface area contributed by atoms with Crippen LogP contribution in [0.4, 0.5) is 13.2 Å². The molecule has 0 spiro atoms. The molecule has 4 nitrogen and oxygen atoms in total. The fourth-order valence-electron chi connectivity index (χ4n) is 3.09. The lowest BCUT2D eigenvalue weighted by atomic mass is 10.0. The van der Waals surface area contributed by atoms with Crippen molar-refractivity contribution in [2.75, 3.05) is 13.2 Å². The molecule has 0 radical (unpaired) electrons. The van der Waals surface area contributed by atoms with E-state index in [2.05, 4.69) is 0 Å². The molecule has 2 aromatic rings. The normalized spacial score (nSPS) is 15.8. The smallest absolute Gasteiger partial charge is 0.389 e. The molecule has 3 rings (SSSR count). The summed E-state index contributed by atoms with van der Waals surface area (Å²) in [5, 5.41) is 0.284. The minimum absolute atomic E-state index is 0.116. The molecule has 1 unspecified atom stereocenters. The molecule has 30 heavy (non-hydrogen) atoms. The third kappa shape index (κ3) is 6.55. The summed E-state index contributed by atoms with van der Waals surface area (Å²) in [7, 11) is 0. The van der Waals surface area contributed by atoms with E-state index < -0.39 is 18.7 Å². The van der Waals surface area contributed by atoms with Crippen molar-refractivity contribution < 1.29 is 32.2 Å². The fourth-order valence-corrected chi connectivity index (χ4v) is 3.35. The summed E-state index contributed by atoms with van der Waals surface area (Å²) in [5.74, 6) is 1.74. The average Bonchev–Trinajstić information content (AvgIpc) is 2.72. The highest BCUT2D eigenvalue weighted by molar-refractivity contribution is 6.32. The second-order valence-corrected chi connectivity index (χ2v) is 7.44. The van der Waals surface area contributed by atoms with Crippen molar-refractivity contribution in [1.82, 2.24) is 0 Å². The molecule has 0 saturated heterocycles. The standard InChI is InChI=1S/C22H22ClF3O4/c23-19-12-15(8-9-22(24,25)26)2-7-20(19)29-11-1-10-28-17-5-3-16-4-6-18(14-27)30-21(16)13-17/h2-3,5,7,12-14,18H,1,4,6,8-11H2. The Morgan fingerprint density at radius 2 is 1.93 bits per heavy atom. The largest absolute Gasteiger partial charge is 0.493 e. The number of fused-ring (bicyclic) bond motifs is 1. The molecule has 1 atom stereocenters. The van der Waals surface area contributed by atoms with Crippen molar-refractivity contribution in [2.45, 2.75) is 44.4 Å². The highest BCUT2D eigenvalue weighted by Crippen LogP contribution is 2.31. The summed E-state index contributed by atoms with van der Waals surface area (Å²) in [6.07, 6.45) is -2.74. The van der Waals surface area contributed by atoms with E-state index >= 15 is 0 Å². The van der Waals surface area contributed by atoms with Crippen molar-refractivity contribution >= 4 is 17.9 Å². The van der Waals surface area contributed by atoms with Crippen LogP contribution in [0.1, 0.15) is 30.4 Å². The van der Waals surface area contributed by atoms with E-state index in [1.165, 1.54) is 6.07 Å². The van der Waals surface area contributed by atoms with Gasteiger partial charge in [0, 0.05) is 18.9 Å². The molecule has 162 valence electrons. The minimum atomic E-state index is -4.19. The van der Waals surface area contributed by atoms with Crippen molar-refractivity contribution in [1.29, 1.82) is 0 Å². The van der Waals surface area contributed by atoms with Crippen LogP contribution in [0.3, 0.4) is 0 Å². The van der Waals surface area contributed by atoms with Gasteiger partial charge in [-0.25, -0.2) is 0 Å². The molecule has 1 heterocycles. The van der Waals surface area contributed by atoms with E-state index in [4.69, 9.17) is 25.8 Å². The summed E-state index contributed by atoms with van der Waals surface area (Å²) in [6.45, 7) is 0.744. The van der Waals surface area contributed by atoms with Gasteiger partial charge in [0.2, 0.25) is 0 Å². The lowest BCUT2D eigenvalue weighted by molar-refractivity contribution is -0.134. The molecule has 0 aromatic heterocycles. The first-order chi connectivity index (χ1) is 14.3. The maximum atomic E-state index is 12.3. The van der Waals surface area contributed by atoms with Gasteiger partial charge in [-0.15, -0.1) is 0 Å². The molecular formula is C22H22ClF3O4. The third-order valence-corrected chi connectivity index (χ3v) is 4.97. The van der Waals surface area contributed by atoms with Gasteiger partial charge < -0.3 is 14.2 Å². The lowest BCUT2D eigenvalue weighted by Crippen LogP contribution is -2.23. The maximum absolute atomic E-state index is 12.3. The van der Waals surface area contributed by atoms with E-state index in [1.807, 2.05) is 12.1 Å². The second kappa shape index (κ2) is 10.1. The van der Waals surface area contributed by atoms with Gasteiger partial charge in [-0.2, -0.15) is 13.2 Å². The number of carbonyl (C=O) groups excluding carboxylic acids is 1. The highest BCUT2D eigenvalue weighted by Gasteiger charge is 2.26. The molecule has 0 bridgehead atoms. The molecule has 1 aliphatic heterocycles. The van der Waals surface area contributed by atoms with Crippen LogP contribution in [0.2, 0.25) is 5.02 Å². The number of ether oxygens (including phenoxy) is 3. The van der Waals surface area contributed by atoms with Crippen LogP contribution < -0.4 is 14.2 Å². The number of aryl methyl sites for hydroxylation is 2. The van der Waals surface area contributed by atoms with E-state index in [0.29, 0.717) is 48.9 Å². The van der Waals surface area contributed by atoms with E-state index in [-0.39, 0.29) is 11.4 Å². The molecule has 8 heteroatoms. The van der Waals surface area contributed by atoms with Gasteiger partial charge in [0.1, 0.15) is 17.2 Å². The van der Waals surface area contributed by atoms with Gasteiger partial charge >= 0.3 is 6.18 Å². The molecular weight excluding hydrogens is 421 g/mol. The SMILES string of the molecule is O=CC1CCc2ccc(OCCCOc3ccc(CCC(F)(F)F)cc3Cl)cc2O1. The Morgan fingerprint density at radius 1 is 1.13 bits per heavy atom. The summed E-state index contributed by atoms with van der Waals surface area (Å²) < 4.78 is 53.8. The molecule has 0 amide bonds. The monoisotopic (exact) mass is 442 g/mol.